The van der Waals surface area contributed by atoms with Crippen molar-refractivity contribution >= 4 is 17.3 Å². The van der Waals surface area contributed by atoms with Gasteiger partial charge in [0.05, 0.1) is 26.5 Å². The third-order valence-corrected chi connectivity index (χ3v) is 6.30. The highest BCUT2D eigenvalue weighted by Crippen LogP contribution is 2.28. The van der Waals surface area contributed by atoms with Crippen molar-refractivity contribution in [2.24, 2.45) is 4.99 Å². The van der Waals surface area contributed by atoms with E-state index in [9.17, 15) is 0 Å². The van der Waals surface area contributed by atoms with Gasteiger partial charge >= 0.3 is 0 Å². The summed E-state index contributed by atoms with van der Waals surface area (Å²) in [4.78, 5) is 14.0. The van der Waals surface area contributed by atoms with Crippen molar-refractivity contribution in [3.8, 4) is 11.5 Å². The Bertz CT molecular complexity index is 882. The number of aromatic nitrogens is 1. The lowest BCUT2D eigenvalue weighted by atomic mass is 9.93. The highest BCUT2D eigenvalue weighted by molar-refractivity contribution is 7.09. The van der Waals surface area contributed by atoms with Crippen LogP contribution in [0, 0.1) is 0 Å². The highest BCUT2D eigenvalue weighted by Gasteiger charge is 2.21. The number of hydrogen-bond acceptors (Lipinski definition) is 6. The molecule has 0 unspecified atom stereocenters. The smallest absolute Gasteiger partial charge is 0.194 e. The van der Waals surface area contributed by atoms with Crippen LogP contribution in [0.25, 0.3) is 0 Å². The number of rotatable bonds is 6. The zero-order chi connectivity index (χ0) is 22.4. The number of nitrogens with one attached hydrogen (secondary N) is 1. The number of piperazine rings is 1. The zero-order valence-corrected chi connectivity index (χ0v) is 20.4. The monoisotopic (exact) mass is 445 g/mol. The Morgan fingerprint density at radius 3 is 2.42 bits per heavy atom. The van der Waals surface area contributed by atoms with Crippen LogP contribution in [0.3, 0.4) is 0 Å². The maximum Gasteiger partial charge on any atom is 0.194 e. The van der Waals surface area contributed by atoms with E-state index in [0.29, 0.717) is 6.54 Å². The molecule has 1 aliphatic heterocycles. The summed E-state index contributed by atoms with van der Waals surface area (Å²) < 4.78 is 10.8. The summed E-state index contributed by atoms with van der Waals surface area (Å²) in [5.74, 6) is 2.49. The van der Waals surface area contributed by atoms with Crippen molar-refractivity contribution in [1.29, 1.82) is 0 Å². The summed E-state index contributed by atoms with van der Waals surface area (Å²) in [6.07, 6.45) is 0. The van der Waals surface area contributed by atoms with Crippen LogP contribution in [0.1, 0.15) is 37.0 Å². The number of aliphatic imine (C=N–C) groups is 1. The number of thiazole rings is 1. The van der Waals surface area contributed by atoms with Gasteiger partial charge in [-0.25, -0.2) is 4.98 Å². The molecule has 7 nitrogen and oxygen atoms in total. The number of ether oxygens (including phenoxy) is 2. The molecule has 1 aromatic carbocycles. The highest BCUT2D eigenvalue weighted by atomic mass is 32.1. The van der Waals surface area contributed by atoms with Gasteiger partial charge in [-0.15, -0.1) is 11.3 Å². The van der Waals surface area contributed by atoms with Crippen molar-refractivity contribution in [2.75, 3.05) is 47.4 Å². The molecule has 2 heterocycles. The lowest BCUT2D eigenvalue weighted by Crippen LogP contribution is -2.52. The van der Waals surface area contributed by atoms with Crippen LogP contribution in [-0.2, 0) is 18.5 Å². The SMILES string of the molecule is CN=C(NCc1nc(C(C)(C)C)cs1)N1CCN(Cc2ccc(OC)c(OC)c2)CC1. The summed E-state index contributed by atoms with van der Waals surface area (Å²) in [6, 6.07) is 6.14. The van der Waals surface area contributed by atoms with Gasteiger partial charge in [-0.2, -0.15) is 0 Å². The average molecular weight is 446 g/mol. The van der Waals surface area contributed by atoms with Gasteiger partial charge in [-0.3, -0.25) is 9.89 Å². The molecule has 0 atom stereocenters. The average Bonchev–Trinajstić information content (AvgIpc) is 3.25. The molecule has 1 saturated heterocycles. The van der Waals surface area contributed by atoms with E-state index >= 15 is 0 Å². The predicted molar refractivity (Wildman–Crippen MR) is 127 cm³/mol. The second kappa shape index (κ2) is 10.3. The molecule has 1 fully saturated rings. The van der Waals surface area contributed by atoms with Gasteiger partial charge in [0.1, 0.15) is 5.01 Å². The summed E-state index contributed by atoms with van der Waals surface area (Å²) in [6.45, 7) is 12.0. The van der Waals surface area contributed by atoms with E-state index in [2.05, 4.69) is 58.4 Å². The summed E-state index contributed by atoms with van der Waals surface area (Å²) in [5.41, 5.74) is 2.46. The predicted octanol–water partition coefficient (Wildman–Crippen LogP) is 3.35. The minimum atomic E-state index is 0.0840. The molecule has 170 valence electrons. The number of methoxy groups -OCH3 is 2. The first-order valence-corrected chi connectivity index (χ1v) is 11.6. The normalized spacial score (nSPS) is 15.8. The van der Waals surface area contributed by atoms with E-state index in [0.717, 1.165) is 60.9 Å². The fraction of sp³-hybridized carbons (Fsp3) is 0.565. The van der Waals surface area contributed by atoms with Crippen molar-refractivity contribution in [1.82, 2.24) is 20.1 Å². The molecular formula is C23H35N5O2S. The molecule has 1 aromatic heterocycles. The first-order valence-electron chi connectivity index (χ1n) is 10.7. The zero-order valence-electron chi connectivity index (χ0n) is 19.6. The fourth-order valence-corrected chi connectivity index (χ4v) is 4.54. The summed E-state index contributed by atoms with van der Waals surface area (Å²) in [5, 5.41) is 6.74. The van der Waals surface area contributed by atoms with Gasteiger partial charge in [0.15, 0.2) is 17.5 Å². The lowest BCUT2D eigenvalue weighted by Gasteiger charge is -2.36. The maximum absolute atomic E-state index is 5.43. The first kappa shape index (κ1) is 23.3. The van der Waals surface area contributed by atoms with E-state index < -0.39 is 0 Å². The number of benzene rings is 1. The molecule has 8 heteroatoms. The van der Waals surface area contributed by atoms with E-state index in [1.807, 2.05) is 13.1 Å². The minimum Gasteiger partial charge on any atom is -0.493 e. The third-order valence-electron chi connectivity index (χ3n) is 5.46. The van der Waals surface area contributed by atoms with E-state index in [-0.39, 0.29) is 5.41 Å². The van der Waals surface area contributed by atoms with Crippen LogP contribution in [0.5, 0.6) is 11.5 Å². The van der Waals surface area contributed by atoms with E-state index in [4.69, 9.17) is 14.5 Å². The Morgan fingerprint density at radius 1 is 1.13 bits per heavy atom. The number of nitrogens with zero attached hydrogens (tertiary/aromatic N) is 4. The maximum atomic E-state index is 5.43. The van der Waals surface area contributed by atoms with Crippen molar-refractivity contribution < 1.29 is 9.47 Å². The fourth-order valence-electron chi connectivity index (χ4n) is 3.58. The van der Waals surface area contributed by atoms with Gasteiger partial charge in [0.25, 0.3) is 0 Å². The quantitative estimate of drug-likeness (QED) is 0.544. The number of guanidine groups is 1. The Labute approximate surface area is 190 Å². The van der Waals surface area contributed by atoms with Crippen LogP contribution in [0.15, 0.2) is 28.6 Å². The lowest BCUT2D eigenvalue weighted by molar-refractivity contribution is 0.172. The molecule has 3 rings (SSSR count). The van der Waals surface area contributed by atoms with Gasteiger partial charge in [-0.1, -0.05) is 26.8 Å². The van der Waals surface area contributed by atoms with Gasteiger partial charge < -0.3 is 19.7 Å². The standard InChI is InChI=1S/C23H35N5O2S/c1-23(2,3)20-16-31-21(26-20)14-25-22(24-4)28-11-9-27(10-12-28)15-17-7-8-18(29-5)19(13-17)30-6/h7-8,13,16H,9-12,14-15H2,1-6H3,(H,24,25). The van der Waals surface area contributed by atoms with Crippen LogP contribution in [0.2, 0.25) is 0 Å². The minimum absolute atomic E-state index is 0.0840. The van der Waals surface area contributed by atoms with E-state index in [1.165, 1.54) is 5.56 Å². The Hall–Kier alpha value is -2.32. The van der Waals surface area contributed by atoms with Crippen molar-refractivity contribution in [2.45, 2.75) is 39.3 Å². The second-order valence-corrected chi connectivity index (χ2v) is 9.67. The number of hydrogen-bond donors (Lipinski definition) is 1. The molecular weight excluding hydrogens is 410 g/mol. The first-order chi connectivity index (χ1) is 14.8. The molecule has 1 aliphatic rings. The topological polar surface area (TPSA) is 62.2 Å². The summed E-state index contributed by atoms with van der Waals surface area (Å²) in [7, 11) is 5.19. The Morgan fingerprint density at radius 2 is 1.84 bits per heavy atom. The van der Waals surface area contributed by atoms with Crippen molar-refractivity contribution in [3.05, 3.63) is 39.8 Å². The van der Waals surface area contributed by atoms with Gasteiger partial charge in [0, 0.05) is 50.6 Å². The van der Waals surface area contributed by atoms with Gasteiger partial charge in [-0.05, 0) is 17.7 Å². The Balaban J connectivity index is 1.50. The Kier molecular flexibility index (Phi) is 7.78. The molecule has 2 aromatic rings. The molecule has 0 aliphatic carbocycles. The van der Waals surface area contributed by atoms with E-state index in [1.54, 1.807) is 25.6 Å². The molecule has 0 bridgehead atoms. The molecule has 0 saturated carbocycles. The van der Waals surface area contributed by atoms with Gasteiger partial charge in [0.2, 0.25) is 0 Å². The van der Waals surface area contributed by atoms with Crippen LogP contribution >= 0.6 is 11.3 Å². The molecule has 31 heavy (non-hydrogen) atoms. The molecule has 1 N–H and O–H groups in total. The van der Waals surface area contributed by atoms with Crippen LogP contribution in [-0.4, -0.2) is 68.2 Å². The second-order valence-electron chi connectivity index (χ2n) is 8.73. The van der Waals surface area contributed by atoms with Crippen LogP contribution in [0.4, 0.5) is 0 Å². The molecule has 0 amide bonds. The molecule has 0 spiro atoms. The van der Waals surface area contributed by atoms with Crippen LogP contribution < -0.4 is 14.8 Å². The largest absolute Gasteiger partial charge is 0.493 e. The molecule has 0 radical (unpaired) electrons. The van der Waals surface area contributed by atoms with Crippen molar-refractivity contribution in [3.63, 3.8) is 0 Å². The third kappa shape index (κ3) is 6.11. The summed E-state index contributed by atoms with van der Waals surface area (Å²) >= 11 is 1.71.